The van der Waals surface area contributed by atoms with Crippen LogP contribution in [0.5, 0.6) is 0 Å². The summed E-state index contributed by atoms with van der Waals surface area (Å²) < 4.78 is 13.2. The van der Waals surface area contributed by atoms with Crippen LogP contribution in [0.2, 0.25) is 0 Å². The van der Waals surface area contributed by atoms with Gasteiger partial charge in [0.05, 0.1) is 18.8 Å². The predicted octanol–water partition coefficient (Wildman–Crippen LogP) is 7.50. The van der Waals surface area contributed by atoms with E-state index in [1.54, 1.807) is 11.8 Å². The van der Waals surface area contributed by atoms with E-state index in [0.29, 0.717) is 19.5 Å². The van der Waals surface area contributed by atoms with Crippen molar-refractivity contribution in [2.45, 2.75) is 75.6 Å². The van der Waals surface area contributed by atoms with Crippen molar-refractivity contribution in [1.82, 2.24) is 10.6 Å². The Morgan fingerprint density at radius 3 is 2.32 bits per heavy atom. The van der Waals surface area contributed by atoms with Crippen molar-refractivity contribution in [3.63, 3.8) is 0 Å². The second-order valence-corrected chi connectivity index (χ2v) is 13.0. The first-order chi connectivity index (χ1) is 23.0. The van der Waals surface area contributed by atoms with Gasteiger partial charge in [0.15, 0.2) is 6.29 Å². The molecular formula is C39H44N2O5S. The quantitative estimate of drug-likeness (QED) is 0.0910. The second kappa shape index (κ2) is 17.8. The first-order valence-corrected chi connectivity index (χ1v) is 17.3. The van der Waals surface area contributed by atoms with Crippen LogP contribution in [0.4, 0.5) is 0 Å². The summed E-state index contributed by atoms with van der Waals surface area (Å²) in [6.45, 7) is 2.64. The molecule has 1 aliphatic rings. The molecule has 4 aromatic carbocycles. The van der Waals surface area contributed by atoms with Gasteiger partial charge in [-0.25, -0.2) is 0 Å². The molecule has 0 aliphatic carbocycles. The lowest BCUT2D eigenvalue weighted by Crippen LogP contribution is -2.31. The van der Waals surface area contributed by atoms with Gasteiger partial charge in [-0.3, -0.25) is 9.59 Å². The Morgan fingerprint density at radius 2 is 1.55 bits per heavy atom. The molecule has 8 heteroatoms. The number of nitrogens with one attached hydrogen (secondary N) is 2. The maximum Gasteiger partial charge on any atom is 0.220 e. The summed E-state index contributed by atoms with van der Waals surface area (Å²) in [5, 5.41) is 15.4. The Morgan fingerprint density at radius 1 is 0.787 bits per heavy atom. The molecule has 1 saturated heterocycles. The fourth-order valence-corrected chi connectivity index (χ4v) is 6.54. The van der Waals surface area contributed by atoms with E-state index >= 15 is 0 Å². The number of unbranched alkanes of at least 4 members (excludes halogenated alkanes) is 2. The van der Waals surface area contributed by atoms with E-state index in [2.05, 4.69) is 59.2 Å². The van der Waals surface area contributed by atoms with E-state index < -0.39 is 6.29 Å². The van der Waals surface area contributed by atoms with E-state index in [9.17, 15) is 14.7 Å². The zero-order chi connectivity index (χ0) is 32.8. The van der Waals surface area contributed by atoms with E-state index in [-0.39, 0.29) is 30.6 Å². The molecule has 2 amide bonds. The summed E-state index contributed by atoms with van der Waals surface area (Å²) in [6.07, 6.45) is 3.08. The number of thioether (sulfide) groups is 1. The normalized spacial score (nSPS) is 17.6. The zero-order valence-corrected chi connectivity index (χ0v) is 27.7. The van der Waals surface area contributed by atoms with Crippen LogP contribution in [-0.2, 0) is 32.2 Å². The van der Waals surface area contributed by atoms with Crippen molar-refractivity contribution in [2.75, 3.05) is 12.3 Å². The van der Waals surface area contributed by atoms with E-state index in [4.69, 9.17) is 9.47 Å². The highest BCUT2D eigenvalue weighted by molar-refractivity contribution is 7.99. The number of carbonyl (C=O) groups is 2. The van der Waals surface area contributed by atoms with Gasteiger partial charge in [-0.1, -0.05) is 85.3 Å². The molecule has 0 bridgehead atoms. The average Bonchev–Trinajstić information content (AvgIpc) is 3.11. The largest absolute Gasteiger partial charge is 0.392 e. The van der Waals surface area contributed by atoms with E-state index in [0.717, 1.165) is 64.8 Å². The lowest BCUT2D eigenvalue weighted by molar-refractivity contribution is -0.245. The van der Waals surface area contributed by atoms with Gasteiger partial charge in [-0.2, -0.15) is 0 Å². The van der Waals surface area contributed by atoms with Gasteiger partial charge < -0.3 is 25.2 Å². The standard InChI is InChI=1S/C39H44N2O5S/c1-28(43)40-21-7-3-6-16-38(44)41-25-30-10-8-11-32(22-30)33-12-9-13-34(23-33)39-45-35(27-47-36-14-4-2-5-15-36)24-37(46-39)31-19-17-29(26-42)18-20-31/h2,4-5,8-15,17-20,22-23,35,37,39,42H,3,6-7,16,21,24-27H2,1H3,(H,40,43)(H,41,44)/t35-,37+,39+/m1/s1. The number of aliphatic hydroxyl groups is 1. The van der Waals surface area contributed by atoms with Crippen molar-refractivity contribution < 1.29 is 24.2 Å². The minimum atomic E-state index is -0.534. The maximum absolute atomic E-state index is 12.4. The number of benzene rings is 4. The maximum atomic E-state index is 12.4. The van der Waals surface area contributed by atoms with Gasteiger partial charge >= 0.3 is 0 Å². The molecule has 3 atom stereocenters. The van der Waals surface area contributed by atoms with Crippen LogP contribution >= 0.6 is 11.8 Å². The van der Waals surface area contributed by atoms with Crippen LogP contribution in [0.1, 0.15) is 73.7 Å². The van der Waals surface area contributed by atoms with Crippen molar-refractivity contribution >= 4 is 23.6 Å². The van der Waals surface area contributed by atoms with Gasteiger partial charge in [0.2, 0.25) is 11.8 Å². The van der Waals surface area contributed by atoms with Crippen LogP contribution in [0.15, 0.2) is 108 Å². The van der Waals surface area contributed by atoms with Crippen molar-refractivity contribution in [2.24, 2.45) is 0 Å². The minimum absolute atomic E-state index is 0.0103. The molecule has 4 aromatic rings. The fraction of sp³-hybridized carbons (Fsp3) is 0.333. The van der Waals surface area contributed by atoms with E-state index in [1.165, 1.54) is 11.8 Å². The second-order valence-electron chi connectivity index (χ2n) is 11.9. The summed E-state index contributed by atoms with van der Waals surface area (Å²) in [6, 6.07) is 34.9. The number of hydrogen-bond acceptors (Lipinski definition) is 6. The molecule has 3 N–H and O–H groups in total. The molecule has 1 aliphatic heterocycles. The fourth-order valence-electron chi connectivity index (χ4n) is 5.60. The Balaban J connectivity index is 1.23. The Kier molecular flexibility index (Phi) is 13.0. The topological polar surface area (TPSA) is 96.9 Å². The Hall–Kier alpha value is -3.95. The molecule has 0 unspecified atom stereocenters. The first-order valence-electron chi connectivity index (χ1n) is 16.4. The number of rotatable bonds is 15. The SMILES string of the molecule is CC(=O)NCCCCCC(=O)NCc1cccc(-c2cccc([C@H]3O[C@@H](CSc4ccccc4)C[C@@H](c4ccc(CO)cc4)O3)c2)c1. The molecule has 246 valence electrons. The van der Waals surface area contributed by atoms with Crippen molar-refractivity contribution in [3.05, 3.63) is 125 Å². The summed E-state index contributed by atoms with van der Waals surface area (Å²) >= 11 is 1.79. The molecular weight excluding hydrogens is 609 g/mol. The van der Waals surface area contributed by atoms with Gasteiger partial charge in [0.1, 0.15) is 0 Å². The Bertz CT molecular complexity index is 1580. The molecule has 0 aromatic heterocycles. The molecule has 1 fully saturated rings. The predicted molar refractivity (Wildman–Crippen MR) is 186 cm³/mol. The van der Waals surface area contributed by atoms with Gasteiger partial charge in [-0.15, -0.1) is 11.8 Å². The van der Waals surface area contributed by atoms with Crippen LogP contribution in [0.3, 0.4) is 0 Å². The molecule has 0 radical (unpaired) electrons. The molecule has 7 nitrogen and oxygen atoms in total. The van der Waals surface area contributed by atoms with Crippen LogP contribution in [0.25, 0.3) is 11.1 Å². The third-order valence-electron chi connectivity index (χ3n) is 8.16. The Labute approximate surface area is 282 Å². The molecule has 0 saturated carbocycles. The summed E-state index contributed by atoms with van der Waals surface area (Å²) in [5.74, 6) is 0.813. The number of ether oxygens (including phenoxy) is 2. The first kappa shape index (κ1) is 34.4. The smallest absolute Gasteiger partial charge is 0.220 e. The number of amides is 2. The highest BCUT2D eigenvalue weighted by atomic mass is 32.2. The van der Waals surface area contributed by atoms with Gasteiger partial charge in [0, 0.05) is 49.1 Å². The third-order valence-corrected chi connectivity index (χ3v) is 9.30. The molecule has 0 spiro atoms. The van der Waals surface area contributed by atoms with Crippen molar-refractivity contribution in [3.8, 4) is 11.1 Å². The summed E-state index contributed by atoms with van der Waals surface area (Å²) in [7, 11) is 0. The highest BCUT2D eigenvalue weighted by Gasteiger charge is 2.32. The summed E-state index contributed by atoms with van der Waals surface area (Å²) in [5.41, 5.74) is 6.03. The lowest BCUT2D eigenvalue weighted by atomic mass is 9.99. The van der Waals surface area contributed by atoms with Crippen LogP contribution in [0, 0.1) is 0 Å². The monoisotopic (exact) mass is 652 g/mol. The van der Waals surface area contributed by atoms with Gasteiger partial charge in [-0.05, 0) is 64.9 Å². The van der Waals surface area contributed by atoms with Gasteiger partial charge in [0.25, 0.3) is 0 Å². The minimum Gasteiger partial charge on any atom is -0.392 e. The third kappa shape index (κ3) is 10.8. The molecule has 5 rings (SSSR count). The molecule has 1 heterocycles. The lowest BCUT2D eigenvalue weighted by Gasteiger charge is -2.36. The zero-order valence-electron chi connectivity index (χ0n) is 26.9. The summed E-state index contributed by atoms with van der Waals surface area (Å²) in [4.78, 5) is 24.6. The molecule has 47 heavy (non-hydrogen) atoms. The average molecular weight is 653 g/mol. The van der Waals surface area contributed by atoms with Crippen molar-refractivity contribution in [1.29, 1.82) is 0 Å². The number of carbonyl (C=O) groups excluding carboxylic acids is 2. The number of hydrogen-bond donors (Lipinski definition) is 3. The van der Waals surface area contributed by atoms with Crippen LogP contribution in [-0.4, -0.2) is 35.3 Å². The number of aliphatic hydroxyl groups excluding tert-OH is 1. The van der Waals surface area contributed by atoms with Crippen LogP contribution < -0.4 is 10.6 Å². The highest BCUT2D eigenvalue weighted by Crippen LogP contribution is 2.40. The van der Waals surface area contributed by atoms with E-state index in [1.807, 2.05) is 54.6 Å².